The van der Waals surface area contributed by atoms with Gasteiger partial charge in [0.15, 0.2) is 8.32 Å². The lowest BCUT2D eigenvalue weighted by Gasteiger charge is -2.38. The van der Waals surface area contributed by atoms with E-state index in [1.165, 1.54) is 0 Å². The lowest BCUT2D eigenvalue weighted by Crippen LogP contribution is -2.46. The summed E-state index contributed by atoms with van der Waals surface area (Å²) in [7, 11) is -1.83. The molecule has 1 aromatic carbocycles. The lowest BCUT2D eigenvalue weighted by atomic mass is 10.0. The molecule has 4 heteroatoms. The summed E-state index contributed by atoms with van der Waals surface area (Å²) < 4.78 is 6.42. The summed E-state index contributed by atoms with van der Waals surface area (Å²) in [5.41, 5.74) is 1.16. The average Bonchev–Trinajstić information content (AvgIpc) is 2.90. The second-order valence-electron chi connectivity index (χ2n) is 8.25. The van der Waals surface area contributed by atoms with Crippen molar-refractivity contribution in [3.8, 4) is 0 Å². The molecular weight excluding hydrogens is 338 g/mol. The first-order valence-electron chi connectivity index (χ1n) is 9.75. The summed E-state index contributed by atoms with van der Waals surface area (Å²) in [5, 5.41) is 0.170. The monoisotopic (exact) mass is 375 g/mol. The number of hydrogen-bond donors (Lipinski definition) is 0. The van der Waals surface area contributed by atoms with E-state index in [0.717, 1.165) is 5.56 Å². The van der Waals surface area contributed by atoms with E-state index >= 15 is 0 Å². The first kappa shape index (κ1) is 22.6. The summed E-state index contributed by atoms with van der Waals surface area (Å²) in [6, 6.07) is 10.3. The highest BCUT2D eigenvalue weighted by Gasteiger charge is 2.42. The third-order valence-corrected chi connectivity index (χ3v) is 10.0. The maximum absolute atomic E-state index is 12.5. The van der Waals surface area contributed by atoms with E-state index in [-0.39, 0.29) is 22.9 Å². The van der Waals surface area contributed by atoms with E-state index in [1.807, 2.05) is 43.0 Å². The van der Waals surface area contributed by atoms with Crippen LogP contribution < -0.4 is 0 Å². The SMILES string of the molecule is C=C[C@H]1CC(=O)N(Cc2ccccc2)[C@@H]1CO[Si](C)(C)C(C)(C)C.CC. The Kier molecular flexibility index (Phi) is 8.29. The summed E-state index contributed by atoms with van der Waals surface area (Å²) >= 11 is 0. The molecule has 0 bridgehead atoms. The molecular formula is C22H37NO2Si. The van der Waals surface area contributed by atoms with Crippen molar-refractivity contribution in [1.29, 1.82) is 0 Å². The predicted octanol–water partition coefficient (Wildman–Crippen LogP) is 5.64. The van der Waals surface area contributed by atoms with Crippen LogP contribution in [0.2, 0.25) is 18.1 Å². The van der Waals surface area contributed by atoms with E-state index in [0.29, 0.717) is 19.6 Å². The minimum atomic E-state index is -1.83. The highest BCUT2D eigenvalue weighted by molar-refractivity contribution is 6.74. The maximum atomic E-state index is 12.5. The van der Waals surface area contributed by atoms with Gasteiger partial charge in [-0.2, -0.15) is 0 Å². The van der Waals surface area contributed by atoms with E-state index in [9.17, 15) is 4.79 Å². The first-order valence-corrected chi connectivity index (χ1v) is 12.7. The van der Waals surface area contributed by atoms with Crippen LogP contribution in [0.3, 0.4) is 0 Å². The second kappa shape index (κ2) is 9.52. The Morgan fingerprint density at radius 2 is 1.81 bits per heavy atom. The van der Waals surface area contributed by atoms with E-state index in [1.54, 1.807) is 0 Å². The van der Waals surface area contributed by atoms with Crippen LogP contribution in [0.4, 0.5) is 0 Å². The van der Waals surface area contributed by atoms with Crippen LogP contribution in [0.5, 0.6) is 0 Å². The summed E-state index contributed by atoms with van der Waals surface area (Å²) in [6.45, 7) is 20.4. The van der Waals surface area contributed by atoms with Crippen molar-refractivity contribution < 1.29 is 9.22 Å². The molecule has 0 spiro atoms. The maximum Gasteiger partial charge on any atom is 0.223 e. The van der Waals surface area contributed by atoms with Gasteiger partial charge in [-0.25, -0.2) is 0 Å². The highest BCUT2D eigenvalue weighted by atomic mass is 28.4. The summed E-state index contributed by atoms with van der Waals surface area (Å²) in [5.74, 6) is 0.374. The Balaban J connectivity index is 0.00000163. The summed E-state index contributed by atoms with van der Waals surface area (Å²) in [6.07, 6.45) is 2.46. The van der Waals surface area contributed by atoms with Crippen molar-refractivity contribution in [2.75, 3.05) is 6.61 Å². The van der Waals surface area contributed by atoms with Gasteiger partial charge < -0.3 is 9.33 Å². The molecule has 0 saturated carbocycles. The minimum absolute atomic E-state index is 0.0873. The number of amides is 1. The lowest BCUT2D eigenvalue weighted by molar-refractivity contribution is -0.130. The molecule has 146 valence electrons. The quantitative estimate of drug-likeness (QED) is 0.476. The zero-order chi connectivity index (χ0) is 20.0. The number of nitrogens with zero attached hydrogens (tertiary/aromatic N) is 1. The Morgan fingerprint density at radius 1 is 1.23 bits per heavy atom. The first-order chi connectivity index (χ1) is 12.2. The van der Waals surface area contributed by atoms with Gasteiger partial charge in [-0.05, 0) is 23.7 Å². The molecule has 0 aliphatic carbocycles. The van der Waals surface area contributed by atoms with Crippen LogP contribution in [-0.2, 0) is 15.8 Å². The molecule has 0 radical (unpaired) electrons. The van der Waals surface area contributed by atoms with Gasteiger partial charge in [0.1, 0.15) is 0 Å². The molecule has 26 heavy (non-hydrogen) atoms. The van der Waals surface area contributed by atoms with Gasteiger partial charge in [-0.3, -0.25) is 4.79 Å². The fraction of sp³-hybridized carbons (Fsp3) is 0.591. The van der Waals surface area contributed by atoms with Crippen molar-refractivity contribution >= 4 is 14.2 Å². The molecule has 0 unspecified atom stereocenters. The fourth-order valence-electron chi connectivity index (χ4n) is 2.82. The highest BCUT2D eigenvalue weighted by Crippen LogP contribution is 2.38. The molecule has 2 rings (SSSR count). The number of likely N-dealkylation sites (tertiary alicyclic amines) is 1. The molecule has 1 aliphatic heterocycles. The number of hydrogen-bond acceptors (Lipinski definition) is 2. The molecule has 1 fully saturated rings. The number of benzene rings is 1. The topological polar surface area (TPSA) is 29.5 Å². The van der Waals surface area contributed by atoms with Gasteiger partial charge in [-0.1, -0.05) is 71.0 Å². The molecule has 1 aliphatic rings. The molecule has 0 N–H and O–H groups in total. The molecule has 3 nitrogen and oxygen atoms in total. The zero-order valence-corrected chi connectivity index (χ0v) is 18.7. The number of rotatable bonds is 6. The van der Waals surface area contributed by atoms with Crippen LogP contribution in [0.15, 0.2) is 43.0 Å². The van der Waals surface area contributed by atoms with Crippen LogP contribution in [0, 0.1) is 5.92 Å². The van der Waals surface area contributed by atoms with Gasteiger partial charge in [0.25, 0.3) is 0 Å². The zero-order valence-electron chi connectivity index (χ0n) is 17.7. The number of carbonyl (C=O) groups excluding carboxylic acids is 1. The second-order valence-corrected chi connectivity index (χ2v) is 13.1. The Morgan fingerprint density at radius 3 is 2.31 bits per heavy atom. The van der Waals surface area contributed by atoms with E-state index < -0.39 is 8.32 Å². The third-order valence-electron chi connectivity index (χ3n) is 5.54. The average molecular weight is 376 g/mol. The normalized spacial score (nSPS) is 20.6. The van der Waals surface area contributed by atoms with Crippen LogP contribution in [0.25, 0.3) is 0 Å². The molecule has 1 aromatic rings. The Labute approximate surface area is 161 Å². The van der Waals surface area contributed by atoms with Crippen molar-refractivity contribution in [2.24, 2.45) is 5.92 Å². The fourth-order valence-corrected chi connectivity index (χ4v) is 3.84. The third kappa shape index (κ3) is 5.55. The van der Waals surface area contributed by atoms with Crippen LogP contribution >= 0.6 is 0 Å². The molecule has 2 atom stereocenters. The summed E-state index contributed by atoms with van der Waals surface area (Å²) in [4.78, 5) is 14.5. The van der Waals surface area contributed by atoms with Gasteiger partial charge in [0.05, 0.1) is 12.6 Å². The van der Waals surface area contributed by atoms with Gasteiger partial charge in [-0.15, -0.1) is 6.58 Å². The van der Waals surface area contributed by atoms with E-state index in [4.69, 9.17) is 4.43 Å². The van der Waals surface area contributed by atoms with Crippen molar-refractivity contribution in [2.45, 2.75) is 71.8 Å². The predicted molar refractivity (Wildman–Crippen MR) is 114 cm³/mol. The molecule has 1 amide bonds. The minimum Gasteiger partial charge on any atom is -0.415 e. The molecule has 1 saturated heterocycles. The standard InChI is InChI=1S/C20H31NO2Si.C2H6/c1-7-17-13-19(22)21(14-16-11-9-8-10-12-16)18(17)15-23-24(5,6)20(2,3)4;1-2/h7-12,17-18H,1,13-15H2,2-6H3;1-2H3/t17-,18+;/m0./s1. The van der Waals surface area contributed by atoms with Crippen molar-refractivity contribution in [3.05, 3.63) is 48.6 Å². The van der Waals surface area contributed by atoms with E-state index in [2.05, 4.69) is 52.6 Å². The van der Waals surface area contributed by atoms with Crippen molar-refractivity contribution in [1.82, 2.24) is 4.90 Å². The molecule has 0 aromatic heterocycles. The van der Waals surface area contributed by atoms with Gasteiger partial charge in [0.2, 0.25) is 5.91 Å². The van der Waals surface area contributed by atoms with Crippen molar-refractivity contribution in [3.63, 3.8) is 0 Å². The van der Waals surface area contributed by atoms with Crippen LogP contribution in [-0.4, -0.2) is 31.8 Å². The Hall–Kier alpha value is -1.39. The van der Waals surface area contributed by atoms with Gasteiger partial charge in [0, 0.05) is 18.9 Å². The largest absolute Gasteiger partial charge is 0.415 e. The van der Waals surface area contributed by atoms with Gasteiger partial charge >= 0.3 is 0 Å². The smallest absolute Gasteiger partial charge is 0.223 e. The molecule has 1 heterocycles. The Bertz CT molecular complexity index is 578. The van der Waals surface area contributed by atoms with Crippen LogP contribution in [0.1, 0.15) is 46.6 Å². The number of carbonyl (C=O) groups is 1.